The Hall–Kier alpha value is -1.16. The maximum Gasteiger partial charge on any atom is 0.174 e. The van der Waals surface area contributed by atoms with E-state index >= 15 is 0 Å². The van der Waals surface area contributed by atoms with Crippen molar-refractivity contribution in [3.63, 3.8) is 0 Å². The normalized spacial score (nSPS) is 13.5. The van der Waals surface area contributed by atoms with Crippen molar-refractivity contribution in [1.82, 2.24) is 0 Å². The Morgan fingerprint density at radius 2 is 0.744 bits per heavy atom. The summed E-state index contributed by atoms with van der Waals surface area (Å²) in [5, 5.41) is 0. The van der Waals surface area contributed by atoms with Gasteiger partial charge in [-0.1, -0.05) is 140 Å². The molecule has 0 rings (SSSR count). The zero-order valence-corrected chi connectivity index (χ0v) is 29.5. The Kier molecular flexibility index (Phi) is 32.8. The summed E-state index contributed by atoms with van der Waals surface area (Å²) in [6.07, 6.45) is 48.5. The lowest BCUT2D eigenvalue weighted by molar-refractivity contribution is -0.174. The first-order valence-electron chi connectivity index (χ1n) is 18.6. The fourth-order valence-corrected chi connectivity index (χ4v) is 5.04. The summed E-state index contributed by atoms with van der Waals surface area (Å²) < 4.78 is 12.2. The van der Waals surface area contributed by atoms with Crippen molar-refractivity contribution in [2.75, 3.05) is 13.2 Å². The largest absolute Gasteiger partial charge is 0.351 e. The molecule has 0 amide bonds. The lowest BCUT2D eigenvalue weighted by atomic mass is 10.1. The number of rotatable bonds is 33. The molecule has 0 heterocycles. The molecule has 0 aliphatic heterocycles. The second kappa shape index (κ2) is 33.7. The summed E-state index contributed by atoms with van der Waals surface area (Å²) >= 11 is 0. The number of hydrogen-bond donors (Lipinski definition) is 1. The fourth-order valence-electron chi connectivity index (χ4n) is 5.04. The van der Waals surface area contributed by atoms with Gasteiger partial charge in [-0.05, 0) is 90.9 Å². The second-order valence-electron chi connectivity index (χ2n) is 13.1. The summed E-state index contributed by atoms with van der Waals surface area (Å²) in [6, 6.07) is 0. The standard InChI is InChI=1S/C40H75NO2/c1-5-7-9-11-13-15-17-19-21-23-25-27-29-31-33-35-37-42-39(40(3,4)41)43-38-36-34-32-30-28-26-24-22-20-18-16-14-12-10-8-6-2/h13-16,19-22,39H,5-12,17-18,23-38,41H2,1-4H3. The molecule has 43 heavy (non-hydrogen) atoms. The predicted octanol–water partition coefficient (Wildman–Crippen LogP) is 12.7. The highest BCUT2D eigenvalue weighted by Crippen LogP contribution is 2.15. The maximum atomic E-state index is 6.35. The van der Waals surface area contributed by atoms with Gasteiger partial charge in [0.15, 0.2) is 6.29 Å². The van der Waals surface area contributed by atoms with E-state index in [1.54, 1.807) is 0 Å². The first-order valence-corrected chi connectivity index (χ1v) is 18.6. The van der Waals surface area contributed by atoms with Gasteiger partial charge in [0, 0.05) is 13.2 Å². The van der Waals surface area contributed by atoms with Crippen LogP contribution in [0.15, 0.2) is 48.6 Å². The molecular formula is C40H75NO2. The molecule has 3 nitrogen and oxygen atoms in total. The molecule has 0 aliphatic carbocycles. The van der Waals surface area contributed by atoms with Crippen LogP contribution in [0.2, 0.25) is 0 Å². The summed E-state index contributed by atoms with van der Waals surface area (Å²) in [4.78, 5) is 0. The molecule has 0 fully saturated rings. The maximum absolute atomic E-state index is 6.35. The minimum absolute atomic E-state index is 0.316. The molecule has 2 N–H and O–H groups in total. The monoisotopic (exact) mass is 602 g/mol. The van der Waals surface area contributed by atoms with Crippen molar-refractivity contribution >= 4 is 0 Å². The van der Waals surface area contributed by atoms with Gasteiger partial charge in [0.25, 0.3) is 0 Å². The SMILES string of the molecule is CCCCCC=CCC=CCCCCCCCCOC(OCCCCCCCCC=CCC=CCCCCC)C(C)(C)N. The van der Waals surface area contributed by atoms with Gasteiger partial charge < -0.3 is 15.2 Å². The van der Waals surface area contributed by atoms with Crippen molar-refractivity contribution in [1.29, 1.82) is 0 Å². The molecule has 0 atom stereocenters. The van der Waals surface area contributed by atoms with Crippen molar-refractivity contribution in [3.05, 3.63) is 48.6 Å². The highest BCUT2D eigenvalue weighted by molar-refractivity contribution is 4.93. The van der Waals surface area contributed by atoms with Crippen LogP contribution in [0.1, 0.15) is 182 Å². The van der Waals surface area contributed by atoms with E-state index in [-0.39, 0.29) is 6.29 Å². The molecule has 0 saturated carbocycles. The number of ether oxygens (including phenoxy) is 2. The van der Waals surface area contributed by atoms with E-state index in [2.05, 4.69) is 62.5 Å². The third kappa shape index (κ3) is 33.6. The van der Waals surface area contributed by atoms with Crippen LogP contribution in [0, 0.1) is 0 Å². The molecule has 0 aromatic carbocycles. The molecular weight excluding hydrogens is 526 g/mol. The van der Waals surface area contributed by atoms with Crippen molar-refractivity contribution < 1.29 is 9.47 Å². The Bertz CT molecular complexity index is 608. The van der Waals surface area contributed by atoms with E-state index in [1.165, 1.54) is 128 Å². The van der Waals surface area contributed by atoms with Crippen LogP contribution in [0.3, 0.4) is 0 Å². The van der Waals surface area contributed by atoms with Crippen LogP contribution in [0.4, 0.5) is 0 Å². The molecule has 0 aliphatic rings. The van der Waals surface area contributed by atoms with E-state index in [4.69, 9.17) is 15.2 Å². The highest BCUT2D eigenvalue weighted by atomic mass is 16.7. The van der Waals surface area contributed by atoms with Crippen molar-refractivity contribution in [3.8, 4) is 0 Å². The van der Waals surface area contributed by atoms with Crippen LogP contribution >= 0.6 is 0 Å². The number of allylic oxidation sites excluding steroid dienone is 8. The summed E-state index contributed by atoms with van der Waals surface area (Å²) in [5.41, 5.74) is 5.88. The zero-order chi connectivity index (χ0) is 31.5. The molecule has 0 bridgehead atoms. The van der Waals surface area contributed by atoms with Gasteiger partial charge in [0.1, 0.15) is 0 Å². The van der Waals surface area contributed by atoms with Gasteiger partial charge >= 0.3 is 0 Å². The number of nitrogens with two attached hydrogens (primary N) is 1. The Morgan fingerprint density at radius 1 is 0.442 bits per heavy atom. The second-order valence-corrected chi connectivity index (χ2v) is 13.1. The Balaban J connectivity index is 3.62. The predicted molar refractivity (Wildman–Crippen MR) is 193 cm³/mol. The minimum Gasteiger partial charge on any atom is -0.351 e. The van der Waals surface area contributed by atoms with E-state index in [1.807, 2.05) is 13.8 Å². The molecule has 3 heteroatoms. The first-order chi connectivity index (χ1) is 21.0. The summed E-state index contributed by atoms with van der Waals surface area (Å²) in [5.74, 6) is 0. The lowest BCUT2D eigenvalue weighted by Gasteiger charge is -2.30. The Labute approximate surface area is 270 Å². The Morgan fingerprint density at radius 3 is 1.07 bits per heavy atom. The molecule has 0 unspecified atom stereocenters. The zero-order valence-electron chi connectivity index (χ0n) is 29.5. The van der Waals surface area contributed by atoms with Crippen LogP contribution in [0.5, 0.6) is 0 Å². The van der Waals surface area contributed by atoms with Gasteiger partial charge in [0.2, 0.25) is 0 Å². The highest BCUT2D eigenvalue weighted by Gasteiger charge is 2.26. The number of unbranched alkanes of at least 4 members (excludes halogenated alkanes) is 18. The topological polar surface area (TPSA) is 44.5 Å². The third-order valence-electron chi connectivity index (χ3n) is 7.84. The van der Waals surface area contributed by atoms with Gasteiger partial charge in [-0.2, -0.15) is 0 Å². The van der Waals surface area contributed by atoms with Gasteiger partial charge in [-0.15, -0.1) is 0 Å². The fraction of sp³-hybridized carbons (Fsp3) is 0.800. The van der Waals surface area contributed by atoms with E-state index < -0.39 is 5.54 Å². The lowest BCUT2D eigenvalue weighted by Crippen LogP contribution is -2.48. The van der Waals surface area contributed by atoms with Crippen LogP contribution in [0.25, 0.3) is 0 Å². The summed E-state index contributed by atoms with van der Waals surface area (Å²) in [7, 11) is 0. The average molecular weight is 602 g/mol. The molecule has 0 radical (unpaired) electrons. The van der Waals surface area contributed by atoms with Crippen LogP contribution < -0.4 is 5.73 Å². The van der Waals surface area contributed by atoms with E-state index in [0.29, 0.717) is 0 Å². The van der Waals surface area contributed by atoms with Crippen LogP contribution in [-0.2, 0) is 9.47 Å². The van der Waals surface area contributed by atoms with Crippen LogP contribution in [-0.4, -0.2) is 25.0 Å². The van der Waals surface area contributed by atoms with Gasteiger partial charge in [0.05, 0.1) is 5.54 Å². The minimum atomic E-state index is -0.475. The molecule has 0 spiro atoms. The van der Waals surface area contributed by atoms with E-state index in [0.717, 1.165) is 38.9 Å². The molecule has 0 aromatic rings. The van der Waals surface area contributed by atoms with Crippen molar-refractivity contribution in [2.24, 2.45) is 5.73 Å². The quantitative estimate of drug-likeness (QED) is 0.0462. The summed E-state index contributed by atoms with van der Waals surface area (Å²) in [6.45, 7) is 10.0. The number of hydrogen-bond acceptors (Lipinski definition) is 3. The smallest absolute Gasteiger partial charge is 0.174 e. The first kappa shape index (κ1) is 41.8. The third-order valence-corrected chi connectivity index (χ3v) is 7.84. The van der Waals surface area contributed by atoms with E-state index in [9.17, 15) is 0 Å². The van der Waals surface area contributed by atoms with Crippen molar-refractivity contribution in [2.45, 2.75) is 194 Å². The van der Waals surface area contributed by atoms with Gasteiger partial charge in [-0.3, -0.25) is 0 Å². The molecule has 252 valence electrons. The molecule has 0 saturated heterocycles. The molecule has 0 aromatic heterocycles. The average Bonchev–Trinajstić information content (AvgIpc) is 2.98. The van der Waals surface area contributed by atoms with Gasteiger partial charge in [-0.25, -0.2) is 0 Å².